The normalized spacial score (nSPS) is 11.3. The SMILES string of the molecule is c1ccc(-c2ccc(-c3cc(-c4ccc5c(c4)oc4ccccc45)ncc3-c3ccccc3-c3cc(-c4ccccc4-c4ccc(-c5ccccc5)nc4)cc(-c4ccccc4-c4ccc(-c5ccccc5)nc4)c3)cc2)cc1. The molecule has 0 bridgehead atoms. The molecule has 0 saturated heterocycles. The first kappa shape index (κ1) is 46.9. The fraction of sp³-hybridized carbons (Fsp3) is 0. The molecule has 4 heterocycles. The van der Waals surface area contributed by atoms with Gasteiger partial charge in [0.1, 0.15) is 11.2 Å². The molecule has 0 radical (unpaired) electrons. The van der Waals surface area contributed by atoms with E-state index in [-0.39, 0.29) is 0 Å². The number of nitrogens with zero attached hydrogens (tertiary/aromatic N) is 3. The Morgan fingerprint density at radius 2 is 0.582 bits per heavy atom. The number of fused-ring (bicyclic) bond motifs is 3. The Morgan fingerprint density at radius 3 is 1.11 bits per heavy atom. The van der Waals surface area contributed by atoms with Crippen LogP contribution >= 0.6 is 0 Å². The largest absolute Gasteiger partial charge is 0.456 e. The molecular formula is C75H49N3O. The van der Waals surface area contributed by atoms with Crippen molar-refractivity contribution in [3.8, 4) is 123 Å². The first-order valence-corrected chi connectivity index (χ1v) is 26.7. The van der Waals surface area contributed by atoms with Crippen molar-refractivity contribution in [1.29, 1.82) is 0 Å². The van der Waals surface area contributed by atoms with Crippen LogP contribution in [0.5, 0.6) is 0 Å². The zero-order chi connectivity index (χ0) is 52.5. The van der Waals surface area contributed by atoms with Crippen molar-refractivity contribution in [2.24, 2.45) is 0 Å². The highest BCUT2D eigenvalue weighted by Gasteiger charge is 2.20. The summed E-state index contributed by atoms with van der Waals surface area (Å²) in [5.74, 6) is 0. The maximum Gasteiger partial charge on any atom is 0.136 e. The van der Waals surface area contributed by atoms with Crippen LogP contribution in [-0.2, 0) is 0 Å². The van der Waals surface area contributed by atoms with Gasteiger partial charge in [-0.05, 0) is 127 Å². The summed E-state index contributed by atoms with van der Waals surface area (Å²) in [5.41, 5.74) is 25.0. The molecule has 0 spiro atoms. The minimum absolute atomic E-state index is 0.837. The second kappa shape index (κ2) is 20.5. The second-order valence-electron chi connectivity index (χ2n) is 19.9. The van der Waals surface area contributed by atoms with Crippen molar-refractivity contribution in [2.75, 3.05) is 0 Å². The van der Waals surface area contributed by atoms with Crippen molar-refractivity contribution in [3.05, 3.63) is 298 Å². The predicted molar refractivity (Wildman–Crippen MR) is 327 cm³/mol. The third-order valence-corrected chi connectivity index (χ3v) is 15.1. The number of benzene rings is 10. The quantitative estimate of drug-likeness (QED) is 0.130. The van der Waals surface area contributed by atoms with Crippen LogP contribution < -0.4 is 0 Å². The molecule has 14 rings (SSSR count). The maximum absolute atomic E-state index is 6.40. The molecule has 10 aromatic carbocycles. The number of hydrogen-bond donors (Lipinski definition) is 0. The van der Waals surface area contributed by atoms with E-state index >= 15 is 0 Å². The van der Waals surface area contributed by atoms with E-state index in [9.17, 15) is 0 Å². The number of para-hydroxylation sites is 1. The van der Waals surface area contributed by atoms with Gasteiger partial charge in [-0.2, -0.15) is 0 Å². The van der Waals surface area contributed by atoms with E-state index in [1.165, 1.54) is 5.56 Å². The summed E-state index contributed by atoms with van der Waals surface area (Å²) in [6.07, 6.45) is 6.06. The van der Waals surface area contributed by atoms with Gasteiger partial charge in [0.05, 0.1) is 17.1 Å². The van der Waals surface area contributed by atoms with E-state index in [1.807, 2.05) is 36.7 Å². The average molecular weight is 1010 g/mol. The van der Waals surface area contributed by atoms with Crippen molar-refractivity contribution in [1.82, 2.24) is 15.0 Å². The van der Waals surface area contributed by atoms with Crippen molar-refractivity contribution < 1.29 is 4.42 Å². The molecule has 370 valence electrons. The minimum atomic E-state index is 0.837. The number of furan rings is 1. The Kier molecular flexibility index (Phi) is 12.2. The van der Waals surface area contributed by atoms with Crippen LogP contribution in [-0.4, -0.2) is 15.0 Å². The topological polar surface area (TPSA) is 51.8 Å². The number of rotatable bonds is 11. The van der Waals surface area contributed by atoms with E-state index in [2.05, 4.69) is 261 Å². The third-order valence-electron chi connectivity index (χ3n) is 15.1. The molecule has 0 fully saturated rings. The molecule has 4 heteroatoms. The Labute approximate surface area is 459 Å². The van der Waals surface area contributed by atoms with Crippen LogP contribution in [0.2, 0.25) is 0 Å². The van der Waals surface area contributed by atoms with E-state index in [4.69, 9.17) is 19.4 Å². The molecule has 0 aliphatic heterocycles. The molecule has 0 N–H and O–H groups in total. The van der Waals surface area contributed by atoms with Crippen LogP contribution in [0.15, 0.2) is 302 Å². The maximum atomic E-state index is 6.40. The average Bonchev–Trinajstić information content (AvgIpc) is 4.01. The molecule has 0 aliphatic carbocycles. The molecule has 4 nitrogen and oxygen atoms in total. The van der Waals surface area contributed by atoms with Crippen LogP contribution in [0.25, 0.3) is 145 Å². The van der Waals surface area contributed by atoms with Crippen molar-refractivity contribution in [2.45, 2.75) is 0 Å². The minimum Gasteiger partial charge on any atom is -0.456 e. The Balaban J connectivity index is 0.941. The summed E-state index contributed by atoms with van der Waals surface area (Å²) < 4.78 is 6.40. The van der Waals surface area contributed by atoms with Crippen LogP contribution in [0, 0.1) is 0 Å². The third kappa shape index (κ3) is 9.18. The molecule has 0 aliphatic rings. The van der Waals surface area contributed by atoms with Gasteiger partial charge in [-0.1, -0.05) is 224 Å². The van der Waals surface area contributed by atoms with Gasteiger partial charge >= 0.3 is 0 Å². The highest BCUT2D eigenvalue weighted by molar-refractivity contribution is 6.06. The first-order chi connectivity index (χ1) is 39.1. The van der Waals surface area contributed by atoms with Crippen LogP contribution in [0.4, 0.5) is 0 Å². The van der Waals surface area contributed by atoms with Gasteiger partial charge in [-0.15, -0.1) is 0 Å². The zero-order valence-corrected chi connectivity index (χ0v) is 43.0. The molecule has 0 atom stereocenters. The summed E-state index contributed by atoms with van der Waals surface area (Å²) in [7, 11) is 0. The van der Waals surface area contributed by atoms with E-state index in [1.54, 1.807) is 0 Å². The summed E-state index contributed by atoms with van der Waals surface area (Å²) >= 11 is 0. The van der Waals surface area contributed by atoms with Crippen molar-refractivity contribution >= 4 is 21.9 Å². The second-order valence-corrected chi connectivity index (χ2v) is 19.9. The van der Waals surface area contributed by atoms with Crippen LogP contribution in [0.3, 0.4) is 0 Å². The van der Waals surface area contributed by atoms with E-state index < -0.39 is 0 Å². The molecule has 4 aromatic heterocycles. The number of hydrogen-bond acceptors (Lipinski definition) is 4. The predicted octanol–water partition coefficient (Wildman–Crippen LogP) is 20.1. The lowest BCUT2D eigenvalue weighted by Crippen LogP contribution is -1.95. The van der Waals surface area contributed by atoms with Gasteiger partial charge in [-0.3, -0.25) is 15.0 Å². The van der Waals surface area contributed by atoms with Gasteiger partial charge in [0.25, 0.3) is 0 Å². The van der Waals surface area contributed by atoms with Gasteiger partial charge in [-0.25, -0.2) is 0 Å². The fourth-order valence-corrected chi connectivity index (χ4v) is 11.1. The number of aromatic nitrogens is 3. The lowest BCUT2D eigenvalue weighted by atomic mass is 9.85. The fourth-order valence-electron chi connectivity index (χ4n) is 11.1. The smallest absolute Gasteiger partial charge is 0.136 e. The van der Waals surface area contributed by atoms with Crippen LogP contribution in [0.1, 0.15) is 0 Å². The molecular weight excluding hydrogens is 959 g/mol. The molecule has 79 heavy (non-hydrogen) atoms. The zero-order valence-electron chi connectivity index (χ0n) is 43.0. The summed E-state index contributed by atoms with van der Waals surface area (Å²) in [4.78, 5) is 15.3. The Morgan fingerprint density at radius 1 is 0.190 bits per heavy atom. The van der Waals surface area contributed by atoms with E-state index in [0.717, 1.165) is 139 Å². The Bertz CT molecular complexity index is 4350. The standard InChI is InChI=1S/C75H49N3O/c1-4-18-50(19-5-1)51-32-34-52(35-33-51)69-46-73(55-36-39-68-67-30-16-17-31-74(67)79-75(68)45-55)78-49-70(69)66-29-15-14-28-65(66)60-43-58(63-26-12-10-24-61(63)56-37-40-71(76-47-56)53-20-6-2-7-21-53)42-59(44-60)64-27-13-11-25-62(64)57-38-41-72(77-48-57)54-22-8-3-9-23-54/h1-49H. The lowest BCUT2D eigenvalue weighted by Gasteiger charge is -2.19. The van der Waals surface area contributed by atoms with E-state index in [0.29, 0.717) is 0 Å². The summed E-state index contributed by atoms with van der Waals surface area (Å²) in [6.45, 7) is 0. The number of pyridine rings is 3. The van der Waals surface area contributed by atoms with Gasteiger partial charge in [0.15, 0.2) is 0 Å². The molecule has 0 amide bonds. The molecule has 14 aromatic rings. The van der Waals surface area contributed by atoms with Gasteiger partial charge < -0.3 is 4.42 Å². The van der Waals surface area contributed by atoms with Gasteiger partial charge in [0.2, 0.25) is 0 Å². The molecule has 0 saturated carbocycles. The summed E-state index contributed by atoms with van der Waals surface area (Å²) in [5, 5.41) is 2.19. The Hall–Kier alpha value is -10.6. The monoisotopic (exact) mass is 1010 g/mol. The van der Waals surface area contributed by atoms with Crippen molar-refractivity contribution in [3.63, 3.8) is 0 Å². The highest BCUT2D eigenvalue weighted by Crippen LogP contribution is 2.45. The summed E-state index contributed by atoms with van der Waals surface area (Å²) in [6, 6.07) is 98.9. The highest BCUT2D eigenvalue weighted by atomic mass is 16.3. The first-order valence-electron chi connectivity index (χ1n) is 26.7. The van der Waals surface area contributed by atoms with Gasteiger partial charge in [0, 0.05) is 62.7 Å². The molecule has 0 unspecified atom stereocenters. The lowest BCUT2D eigenvalue weighted by molar-refractivity contribution is 0.669.